The smallest absolute Gasteiger partial charge is 0.289 e. The predicted molar refractivity (Wildman–Crippen MR) is 555 cm³/mol. The van der Waals surface area contributed by atoms with E-state index in [2.05, 4.69) is 33.8 Å². The van der Waals surface area contributed by atoms with Gasteiger partial charge >= 0.3 is 0 Å². The summed E-state index contributed by atoms with van der Waals surface area (Å²) in [6.07, 6.45) is 37.3. The molecule has 11 aromatic rings. The minimum absolute atomic E-state index is 0.0103. The van der Waals surface area contributed by atoms with Crippen molar-refractivity contribution < 1.29 is 139 Å². The summed E-state index contributed by atoms with van der Waals surface area (Å²) in [5.74, 6) is -0.766. The molecule has 784 valence electrons. The second-order valence-corrected chi connectivity index (χ2v) is 49.8. The van der Waals surface area contributed by atoms with Crippen molar-refractivity contribution in [2.24, 2.45) is 0 Å². The molecule has 0 amide bonds. The molecule has 0 spiro atoms. The number of carbonyl (C=O) groups is 2. The average molecular weight is 2180 g/mol. The van der Waals surface area contributed by atoms with E-state index in [4.69, 9.17) is 31.9 Å². The Labute approximate surface area is 845 Å². The van der Waals surface area contributed by atoms with Gasteiger partial charge in [-0.25, -0.2) is 0 Å². The first-order chi connectivity index (χ1) is 67.6. The zero-order valence-electron chi connectivity index (χ0n) is 80.2. The molecule has 0 atom stereocenters. The Morgan fingerprint density at radius 2 is 0.604 bits per heavy atom. The van der Waals surface area contributed by atoms with Gasteiger partial charge < -0.3 is 0 Å². The lowest BCUT2D eigenvalue weighted by Crippen LogP contribution is -2.44. The van der Waals surface area contributed by atoms with Crippen LogP contribution < -0.4 is 0 Å². The molecule has 0 heterocycles. The van der Waals surface area contributed by atoms with E-state index in [0.29, 0.717) is 52.1 Å². The topological polar surface area (TPSA) is 578 Å². The average Bonchev–Trinajstić information content (AvgIpc) is 0.726. The number of hydrogen-bond donors (Lipinski definition) is 10. The van der Waals surface area contributed by atoms with E-state index in [-0.39, 0.29) is 58.7 Å². The Balaban J connectivity index is 0.000000216. The van der Waals surface area contributed by atoms with Gasteiger partial charge in [0.05, 0.1) is 14.7 Å². The molecule has 11 aromatic carbocycles. The van der Waals surface area contributed by atoms with Crippen molar-refractivity contribution in [3.8, 4) is 0 Å². The molecule has 32 nitrogen and oxygen atoms in total. The standard InChI is InChI=1S/C28H44O6S2.C28H44O3S.C14H8O5S.C12H12O6S2.2C10H8O6S2/c1-3-5-7-9-11-13-15-19-23-24-20-17-18-22-26(24)28(36(32,33)34)27(35(29,30)31)25(23)21-16-14-12-10-8-6-4-2;1-3-5-7-9-11-13-15-19-24-23-25-20-17-18-22-27(25)28(32(29,30)31)26(24)21-16-14-12-10-8-6-4-2;15-13-9-3-1-2-4-10(9)14(16)12-7-8(20(17,18)19)5-6-11(12)13;13-19(14,15)12(20(16,17)18)8-6-11(7-9-12)10-4-2-1-3-5-10;11-17(12,13)9-3-1-7-2-4-10(18(14,15)16)6-8(7)5-9;11-17(12,13)9-5-1-3-7-8(9)4-2-6-10(7)18(14,15)16/h17-18,20,22H,3-16,19,21H2,1-2H3,(H,29,30,31)(H,32,33,34);17-18,20,22-23H,3-16,19,21H2,1-2H3,(H,29,30,31);1-7H,(H,17,18,19);1-8H,9H2,(H,13,14,15)(H,16,17,18);2*1-6H,(H,11,12,13)(H,14,15,16). The molecule has 0 saturated heterocycles. The first kappa shape index (κ1) is 120. The summed E-state index contributed by atoms with van der Waals surface area (Å²) in [6, 6.07) is 50.0. The lowest BCUT2D eigenvalue weighted by Gasteiger charge is -2.25. The number of unbranched alkanes of at least 4 members (excludes halogenated alkanes) is 24. The van der Waals surface area contributed by atoms with E-state index in [1.165, 1.54) is 182 Å². The van der Waals surface area contributed by atoms with Crippen LogP contribution in [0.4, 0.5) is 0 Å². The number of fused-ring (bicyclic) bond motifs is 6. The Morgan fingerprint density at radius 3 is 1.01 bits per heavy atom. The second kappa shape index (κ2) is 53.3. The monoisotopic (exact) mass is 2180 g/mol. The van der Waals surface area contributed by atoms with Crippen LogP contribution in [0, 0.1) is 0 Å². The molecule has 0 aliphatic heterocycles. The number of hydrogen-bond acceptors (Lipinski definition) is 22. The van der Waals surface area contributed by atoms with E-state index in [1.807, 2.05) is 24.3 Å². The fourth-order valence-corrected chi connectivity index (χ4v) is 25.7. The molecule has 0 fully saturated rings. The van der Waals surface area contributed by atoms with Crippen LogP contribution in [0.5, 0.6) is 0 Å². The van der Waals surface area contributed by atoms with Gasteiger partial charge in [-0.1, -0.05) is 340 Å². The van der Waals surface area contributed by atoms with Crippen LogP contribution in [-0.2, 0) is 127 Å². The molecule has 13 rings (SSSR count). The second-order valence-electron chi connectivity index (χ2n) is 35.0. The fraction of sp³-hybridized carbons (Fsp3) is 0.373. The molecule has 0 aromatic heterocycles. The predicted octanol–water partition coefficient (Wildman–Crippen LogP) is 22.5. The molecular weight excluding hydrogens is 2060 g/mol. The maximum atomic E-state index is 12.6. The van der Waals surface area contributed by atoms with Crippen LogP contribution >= 0.6 is 0 Å². The highest BCUT2D eigenvalue weighted by Crippen LogP contribution is 2.42. The summed E-state index contributed by atoms with van der Waals surface area (Å²) in [4.78, 5) is 21.4. The molecule has 42 heteroatoms. The van der Waals surface area contributed by atoms with Crippen molar-refractivity contribution in [2.75, 3.05) is 0 Å². The van der Waals surface area contributed by atoms with Gasteiger partial charge in [0, 0.05) is 50.2 Å². The SMILES string of the molecule is CCCCCCCCCc1c(S(=O)(=O)O)c(S(=O)(=O)O)c2ccccc2c1CCCCCCCCC.CCCCCCCCCc1cc2ccccc2c(S(=O)(=O)O)c1CCCCCCCCC.O=C1c2ccccc2C(=O)c2cc(S(=O)(=O)O)ccc21.O=S(=O)(O)C1(S(=O)(=O)O)C=CC(c2ccccc2)=CC1.O=S(=O)(O)c1ccc2ccc(S(=O)(=O)O)cc2c1.O=S(=O)(O)c1cccc2c(S(=O)(=O)O)cccc12. The lowest BCUT2D eigenvalue weighted by molar-refractivity contribution is 0.0979. The molecule has 0 saturated carbocycles. The van der Waals surface area contributed by atoms with Crippen molar-refractivity contribution in [1.82, 2.24) is 0 Å². The third kappa shape index (κ3) is 33.7. The van der Waals surface area contributed by atoms with Crippen LogP contribution in [0.2, 0.25) is 0 Å². The molecule has 2 aliphatic rings. The summed E-state index contributed by atoms with van der Waals surface area (Å²) in [5, 5.41) is 3.22. The van der Waals surface area contributed by atoms with Gasteiger partial charge in [-0.05, 0) is 167 Å². The normalized spacial score (nSPS) is 13.5. The zero-order chi connectivity index (χ0) is 106. The highest BCUT2D eigenvalue weighted by molar-refractivity contribution is 8.05. The molecule has 2 aliphatic carbocycles. The number of benzene rings is 11. The highest BCUT2D eigenvalue weighted by Gasteiger charge is 2.53. The minimum Gasteiger partial charge on any atom is -0.289 e. The van der Waals surface area contributed by atoms with Gasteiger partial charge in [0.25, 0.3) is 101 Å². The minimum atomic E-state index is -5.02. The summed E-state index contributed by atoms with van der Waals surface area (Å²) in [7, 11) is -46.2. The van der Waals surface area contributed by atoms with Gasteiger partial charge in [-0.2, -0.15) is 84.2 Å². The van der Waals surface area contributed by atoms with E-state index in [1.54, 1.807) is 66.7 Å². The van der Waals surface area contributed by atoms with Crippen molar-refractivity contribution in [1.29, 1.82) is 0 Å². The number of allylic oxidation sites excluding steroid dienone is 3. The zero-order valence-corrected chi connectivity index (χ0v) is 88.3. The molecule has 0 unspecified atom stereocenters. The number of ketones is 2. The first-order valence-corrected chi connectivity index (χ1v) is 61.6. The fourth-order valence-electron chi connectivity index (χ4n) is 17.3. The van der Waals surface area contributed by atoms with E-state index < -0.39 is 142 Å². The molecule has 0 radical (unpaired) electrons. The van der Waals surface area contributed by atoms with Crippen molar-refractivity contribution in [2.45, 2.75) is 283 Å². The third-order valence-corrected chi connectivity index (χ3v) is 35.5. The van der Waals surface area contributed by atoms with Crippen LogP contribution in [-0.4, -0.2) is 145 Å². The number of aryl methyl sites for hydroxylation is 2. The largest absolute Gasteiger partial charge is 0.296 e. The molecule has 0 bridgehead atoms. The van der Waals surface area contributed by atoms with Crippen molar-refractivity contribution in [3.05, 3.63) is 268 Å². The van der Waals surface area contributed by atoms with Crippen LogP contribution in [0.3, 0.4) is 0 Å². The van der Waals surface area contributed by atoms with E-state index >= 15 is 0 Å². The summed E-state index contributed by atoms with van der Waals surface area (Å²) < 4.78 is 322. The van der Waals surface area contributed by atoms with Crippen LogP contribution in [0.1, 0.15) is 274 Å². The quantitative estimate of drug-likeness (QED) is 0.0125. The maximum absolute atomic E-state index is 12.6. The Hall–Kier alpha value is -9.62. The maximum Gasteiger partial charge on any atom is 0.296 e. The van der Waals surface area contributed by atoms with Gasteiger partial charge in [-0.3, -0.25) is 55.1 Å². The molecular formula is C102H124O32S10. The number of carbonyl (C=O) groups excluding carboxylic acids is 2. The van der Waals surface area contributed by atoms with Crippen molar-refractivity contribution >= 4 is 161 Å². The summed E-state index contributed by atoms with van der Waals surface area (Å²) >= 11 is 0. The van der Waals surface area contributed by atoms with Gasteiger partial charge in [0.1, 0.15) is 24.5 Å². The van der Waals surface area contributed by atoms with Crippen LogP contribution in [0.25, 0.3) is 48.7 Å². The summed E-state index contributed by atoms with van der Waals surface area (Å²) in [5.41, 5.74) is 5.10. The van der Waals surface area contributed by atoms with Crippen molar-refractivity contribution in [3.63, 3.8) is 0 Å². The Morgan fingerprint density at radius 1 is 0.257 bits per heavy atom. The van der Waals surface area contributed by atoms with Gasteiger partial charge in [0.15, 0.2) is 11.6 Å². The van der Waals surface area contributed by atoms with Crippen LogP contribution in [0.15, 0.2) is 258 Å². The van der Waals surface area contributed by atoms with E-state index in [0.717, 1.165) is 154 Å². The van der Waals surface area contributed by atoms with Gasteiger partial charge in [0.2, 0.25) is 4.08 Å². The molecule has 144 heavy (non-hydrogen) atoms. The molecule has 10 N–H and O–H groups in total. The first-order valence-electron chi connectivity index (χ1n) is 47.2. The summed E-state index contributed by atoms with van der Waals surface area (Å²) in [6.45, 7) is 8.81. The Bertz CT molecular complexity index is 7530. The van der Waals surface area contributed by atoms with Gasteiger partial charge in [-0.15, -0.1) is 0 Å². The highest BCUT2D eigenvalue weighted by atomic mass is 32.3. The Kier molecular flexibility index (Phi) is 44.3. The van der Waals surface area contributed by atoms with E-state index in [9.17, 15) is 107 Å². The number of rotatable bonds is 43. The lowest BCUT2D eigenvalue weighted by atomic mass is 9.84. The third-order valence-electron chi connectivity index (χ3n) is 24.5.